The largest absolute Gasteiger partial charge is 0.462 e. The normalized spacial score (nSPS) is 20.9. The number of carbonyl (C=O) groups excluding carboxylic acids is 3. The van der Waals surface area contributed by atoms with Crippen molar-refractivity contribution < 1.29 is 19.1 Å². The Morgan fingerprint density at radius 3 is 2.47 bits per heavy atom. The van der Waals surface area contributed by atoms with Gasteiger partial charge in [0.2, 0.25) is 0 Å². The number of piperidine rings is 1. The van der Waals surface area contributed by atoms with Gasteiger partial charge in [-0.3, -0.25) is 9.59 Å². The molecule has 0 saturated carbocycles. The maximum Gasteiger partial charge on any atom is 0.396 e. The Morgan fingerprint density at radius 1 is 1.27 bits per heavy atom. The van der Waals surface area contributed by atoms with E-state index in [0.717, 1.165) is 20.0 Å². The molecule has 1 amide bonds. The number of methoxy groups -OCH3 is 1. The molecule has 84 valence electrons. The van der Waals surface area contributed by atoms with Gasteiger partial charge in [0.15, 0.2) is 5.78 Å². The summed E-state index contributed by atoms with van der Waals surface area (Å²) in [6.45, 7) is 1.89. The summed E-state index contributed by atoms with van der Waals surface area (Å²) in [5.41, 5.74) is 0. The summed E-state index contributed by atoms with van der Waals surface area (Å²) in [4.78, 5) is 35.2. The first-order chi connectivity index (χ1) is 7.07. The van der Waals surface area contributed by atoms with Gasteiger partial charge in [0, 0.05) is 6.54 Å². The highest BCUT2D eigenvalue weighted by Crippen LogP contribution is 2.18. The minimum Gasteiger partial charge on any atom is -0.462 e. The minimum atomic E-state index is -0.900. The number of nitrogens with zero attached hydrogens (tertiary/aromatic N) is 1. The van der Waals surface area contributed by atoms with Gasteiger partial charge >= 0.3 is 11.9 Å². The maximum atomic E-state index is 11.5. The van der Waals surface area contributed by atoms with Crippen molar-refractivity contribution in [3.8, 4) is 0 Å². The van der Waals surface area contributed by atoms with E-state index in [-0.39, 0.29) is 5.78 Å². The van der Waals surface area contributed by atoms with Gasteiger partial charge in [-0.2, -0.15) is 0 Å². The van der Waals surface area contributed by atoms with Crippen molar-refractivity contribution in [2.45, 2.75) is 32.2 Å². The fourth-order valence-corrected chi connectivity index (χ4v) is 1.80. The molecule has 1 heterocycles. The van der Waals surface area contributed by atoms with Crippen molar-refractivity contribution in [2.24, 2.45) is 0 Å². The summed E-state index contributed by atoms with van der Waals surface area (Å²) in [5.74, 6) is -1.69. The predicted molar refractivity (Wildman–Crippen MR) is 52.0 cm³/mol. The molecule has 1 aliphatic heterocycles. The van der Waals surface area contributed by atoms with Gasteiger partial charge in [0.1, 0.15) is 0 Å². The van der Waals surface area contributed by atoms with Gasteiger partial charge in [-0.05, 0) is 26.2 Å². The number of esters is 1. The van der Waals surface area contributed by atoms with Crippen molar-refractivity contribution >= 4 is 17.7 Å². The number of Topliss-reactive ketones (excluding diaryl/α,β-unsaturated/α-hetero) is 1. The summed E-state index contributed by atoms with van der Waals surface area (Å²) in [7, 11) is 1.16. The van der Waals surface area contributed by atoms with Gasteiger partial charge in [-0.1, -0.05) is 0 Å². The molecule has 0 aromatic heterocycles. The average molecular weight is 213 g/mol. The molecule has 0 aromatic carbocycles. The zero-order valence-electron chi connectivity index (χ0n) is 8.99. The quantitative estimate of drug-likeness (QED) is 0.459. The molecule has 5 nitrogen and oxygen atoms in total. The molecule has 1 saturated heterocycles. The molecule has 0 N–H and O–H groups in total. The van der Waals surface area contributed by atoms with E-state index in [9.17, 15) is 14.4 Å². The molecule has 5 heteroatoms. The number of hydrogen-bond acceptors (Lipinski definition) is 4. The SMILES string of the molecule is COC(=O)C(=O)N1CCCC[C@H]1C(C)=O. The monoisotopic (exact) mass is 213 g/mol. The highest BCUT2D eigenvalue weighted by Gasteiger charge is 2.33. The standard InChI is InChI=1S/C10H15NO4/c1-7(12)8-5-3-4-6-11(8)9(13)10(14)15-2/h8H,3-6H2,1-2H3/t8-/m0/s1. The third-order valence-corrected chi connectivity index (χ3v) is 2.59. The predicted octanol–water partition coefficient (Wildman–Crippen LogP) is 0.129. The second kappa shape index (κ2) is 4.91. The van der Waals surface area contributed by atoms with Crippen molar-refractivity contribution in [1.82, 2.24) is 4.90 Å². The van der Waals surface area contributed by atoms with Crippen molar-refractivity contribution in [3.63, 3.8) is 0 Å². The van der Waals surface area contributed by atoms with Crippen LogP contribution in [-0.4, -0.2) is 42.3 Å². The molecular formula is C10H15NO4. The Balaban J connectivity index is 2.76. The third kappa shape index (κ3) is 2.55. The lowest BCUT2D eigenvalue weighted by atomic mass is 9.99. The van der Waals surface area contributed by atoms with Crippen LogP contribution >= 0.6 is 0 Å². The second-order valence-corrected chi connectivity index (χ2v) is 3.61. The Labute approximate surface area is 88.4 Å². The summed E-state index contributed by atoms with van der Waals surface area (Å²) in [6, 6.07) is -0.453. The number of rotatable bonds is 1. The molecule has 1 fully saturated rings. The topological polar surface area (TPSA) is 63.7 Å². The van der Waals surface area contributed by atoms with E-state index < -0.39 is 17.9 Å². The van der Waals surface area contributed by atoms with Crippen LogP contribution in [0.3, 0.4) is 0 Å². The number of ether oxygens (including phenoxy) is 1. The Kier molecular flexibility index (Phi) is 3.82. The van der Waals surface area contributed by atoms with Gasteiger partial charge in [-0.15, -0.1) is 0 Å². The van der Waals surface area contributed by atoms with E-state index in [1.54, 1.807) is 0 Å². The Bertz CT molecular complexity index is 287. The highest BCUT2D eigenvalue weighted by molar-refractivity contribution is 6.32. The zero-order chi connectivity index (χ0) is 11.4. The summed E-state index contributed by atoms with van der Waals surface area (Å²) in [5, 5.41) is 0. The Morgan fingerprint density at radius 2 is 1.93 bits per heavy atom. The summed E-state index contributed by atoms with van der Waals surface area (Å²) >= 11 is 0. The minimum absolute atomic E-state index is 0.0769. The van der Waals surface area contributed by atoms with Crippen LogP contribution < -0.4 is 0 Å². The lowest BCUT2D eigenvalue weighted by Crippen LogP contribution is -2.50. The van der Waals surface area contributed by atoms with Crippen LogP contribution in [0.4, 0.5) is 0 Å². The molecule has 1 rings (SSSR count). The molecule has 15 heavy (non-hydrogen) atoms. The van der Waals surface area contributed by atoms with Crippen LogP contribution in [-0.2, 0) is 19.1 Å². The van der Waals surface area contributed by atoms with Crippen LogP contribution in [0.25, 0.3) is 0 Å². The van der Waals surface area contributed by atoms with E-state index in [0.29, 0.717) is 13.0 Å². The summed E-state index contributed by atoms with van der Waals surface area (Å²) in [6.07, 6.45) is 2.37. The van der Waals surface area contributed by atoms with Gasteiger partial charge in [0.05, 0.1) is 13.2 Å². The fourth-order valence-electron chi connectivity index (χ4n) is 1.80. The first kappa shape index (κ1) is 11.7. The van der Waals surface area contributed by atoms with Crippen molar-refractivity contribution in [1.29, 1.82) is 0 Å². The van der Waals surface area contributed by atoms with E-state index in [2.05, 4.69) is 4.74 Å². The third-order valence-electron chi connectivity index (χ3n) is 2.59. The first-order valence-electron chi connectivity index (χ1n) is 4.97. The van der Waals surface area contributed by atoms with Crippen LogP contribution in [0.5, 0.6) is 0 Å². The number of hydrogen-bond donors (Lipinski definition) is 0. The second-order valence-electron chi connectivity index (χ2n) is 3.61. The first-order valence-corrected chi connectivity index (χ1v) is 4.97. The average Bonchev–Trinajstić information content (AvgIpc) is 2.27. The lowest BCUT2D eigenvalue weighted by molar-refractivity contribution is -0.161. The van der Waals surface area contributed by atoms with E-state index >= 15 is 0 Å². The highest BCUT2D eigenvalue weighted by atomic mass is 16.5. The molecule has 0 aromatic rings. The lowest BCUT2D eigenvalue weighted by Gasteiger charge is -2.33. The smallest absolute Gasteiger partial charge is 0.396 e. The number of likely N-dealkylation sites (tertiary alicyclic amines) is 1. The van der Waals surface area contributed by atoms with E-state index in [1.165, 1.54) is 11.8 Å². The van der Waals surface area contributed by atoms with Crippen molar-refractivity contribution in [3.05, 3.63) is 0 Å². The fraction of sp³-hybridized carbons (Fsp3) is 0.700. The zero-order valence-corrected chi connectivity index (χ0v) is 8.99. The number of ketones is 1. The van der Waals surface area contributed by atoms with E-state index in [4.69, 9.17) is 0 Å². The van der Waals surface area contributed by atoms with Gasteiger partial charge < -0.3 is 9.64 Å². The molecule has 0 unspecified atom stereocenters. The molecule has 0 bridgehead atoms. The van der Waals surface area contributed by atoms with Crippen LogP contribution in [0.1, 0.15) is 26.2 Å². The molecule has 1 atom stereocenters. The van der Waals surface area contributed by atoms with Gasteiger partial charge in [-0.25, -0.2) is 4.79 Å². The number of amides is 1. The molecule has 0 spiro atoms. The number of carbonyl (C=O) groups is 3. The maximum absolute atomic E-state index is 11.5. The van der Waals surface area contributed by atoms with Crippen molar-refractivity contribution in [2.75, 3.05) is 13.7 Å². The molecule has 0 radical (unpaired) electrons. The van der Waals surface area contributed by atoms with Gasteiger partial charge in [0.25, 0.3) is 0 Å². The van der Waals surface area contributed by atoms with E-state index in [1.807, 2.05) is 0 Å². The molecule has 0 aliphatic carbocycles. The van der Waals surface area contributed by atoms with Crippen LogP contribution in [0, 0.1) is 0 Å². The van der Waals surface area contributed by atoms with Crippen LogP contribution in [0.2, 0.25) is 0 Å². The molecular weight excluding hydrogens is 198 g/mol. The Hall–Kier alpha value is -1.39. The molecule has 1 aliphatic rings. The van der Waals surface area contributed by atoms with Crippen LogP contribution in [0.15, 0.2) is 0 Å². The summed E-state index contributed by atoms with van der Waals surface area (Å²) < 4.78 is 4.35.